The maximum absolute atomic E-state index is 12.4. The van der Waals surface area contributed by atoms with Gasteiger partial charge in [0, 0.05) is 4.88 Å². The van der Waals surface area contributed by atoms with E-state index in [-0.39, 0.29) is 11.8 Å². The van der Waals surface area contributed by atoms with E-state index in [1.54, 1.807) is 17.5 Å². The molecule has 20 heavy (non-hydrogen) atoms. The number of carboxylic acids is 1. The summed E-state index contributed by atoms with van der Waals surface area (Å²) in [5, 5.41) is 11.2. The highest BCUT2D eigenvalue weighted by molar-refractivity contribution is 7.10. The Kier molecular flexibility index (Phi) is 3.17. The number of imide groups is 1. The van der Waals surface area contributed by atoms with Crippen molar-refractivity contribution in [3.05, 3.63) is 34.5 Å². The highest BCUT2D eigenvalue weighted by atomic mass is 32.1. The molecule has 5 nitrogen and oxygen atoms in total. The molecule has 3 atom stereocenters. The third-order valence-electron chi connectivity index (χ3n) is 3.85. The molecule has 1 N–H and O–H groups in total. The Balaban J connectivity index is 1.98. The van der Waals surface area contributed by atoms with Crippen molar-refractivity contribution in [3.63, 3.8) is 0 Å². The number of carbonyl (C=O) groups is 3. The Labute approximate surface area is 119 Å². The molecule has 3 unspecified atom stereocenters. The van der Waals surface area contributed by atoms with Crippen LogP contribution in [0.3, 0.4) is 0 Å². The summed E-state index contributed by atoms with van der Waals surface area (Å²) < 4.78 is 0. The van der Waals surface area contributed by atoms with Gasteiger partial charge in [-0.25, -0.2) is 4.79 Å². The highest BCUT2D eigenvalue weighted by Gasteiger charge is 2.51. The van der Waals surface area contributed by atoms with E-state index in [1.165, 1.54) is 11.3 Å². The van der Waals surface area contributed by atoms with E-state index in [1.807, 2.05) is 12.2 Å². The molecule has 3 rings (SSSR count). The van der Waals surface area contributed by atoms with Crippen molar-refractivity contribution in [2.75, 3.05) is 0 Å². The van der Waals surface area contributed by atoms with Gasteiger partial charge in [-0.2, -0.15) is 0 Å². The number of fused-ring (bicyclic) bond motifs is 1. The molecule has 1 aliphatic heterocycles. The summed E-state index contributed by atoms with van der Waals surface area (Å²) in [5.74, 6) is -2.67. The first kappa shape index (κ1) is 13.1. The van der Waals surface area contributed by atoms with E-state index < -0.39 is 23.8 Å². The average molecular weight is 291 g/mol. The molecule has 0 aromatic carbocycles. The monoisotopic (exact) mass is 291 g/mol. The lowest BCUT2D eigenvalue weighted by atomic mass is 9.85. The van der Waals surface area contributed by atoms with E-state index in [2.05, 4.69) is 0 Å². The second-order valence-corrected chi connectivity index (χ2v) is 5.94. The molecule has 0 spiro atoms. The molecule has 0 radical (unpaired) electrons. The molecule has 104 valence electrons. The molecule has 1 fully saturated rings. The first-order chi connectivity index (χ1) is 9.61. The number of carboxylic acid groups (broad SMARTS) is 1. The van der Waals surface area contributed by atoms with Crippen LogP contribution in [0, 0.1) is 11.8 Å². The van der Waals surface area contributed by atoms with Crippen molar-refractivity contribution in [1.82, 2.24) is 4.90 Å². The van der Waals surface area contributed by atoms with Gasteiger partial charge < -0.3 is 5.11 Å². The van der Waals surface area contributed by atoms with Crippen LogP contribution in [0.5, 0.6) is 0 Å². The SMILES string of the molecule is O=C(O)C(c1cccs1)N1C(=O)C2CC=CCC2C1=O. The molecule has 2 aliphatic rings. The molecule has 0 saturated carbocycles. The van der Waals surface area contributed by atoms with Gasteiger partial charge in [0.15, 0.2) is 6.04 Å². The minimum Gasteiger partial charge on any atom is -0.479 e. The summed E-state index contributed by atoms with van der Waals surface area (Å²) in [4.78, 5) is 37.8. The zero-order chi connectivity index (χ0) is 14.3. The summed E-state index contributed by atoms with van der Waals surface area (Å²) in [6.07, 6.45) is 4.80. The largest absolute Gasteiger partial charge is 0.479 e. The lowest BCUT2D eigenvalue weighted by Gasteiger charge is -2.22. The van der Waals surface area contributed by atoms with E-state index >= 15 is 0 Å². The van der Waals surface area contributed by atoms with Gasteiger partial charge in [-0.15, -0.1) is 11.3 Å². The fourth-order valence-corrected chi connectivity index (χ4v) is 3.69. The molecule has 6 heteroatoms. The summed E-state index contributed by atoms with van der Waals surface area (Å²) in [6, 6.07) is 2.17. The predicted octanol–water partition coefficient (Wildman–Crippen LogP) is 1.82. The Morgan fingerprint density at radius 3 is 2.30 bits per heavy atom. The van der Waals surface area contributed by atoms with E-state index in [0.717, 1.165) is 4.90 Å². The van der Waals surface area contributed by atoms with Crippen molar-refractivity contribution in [2.24, 2.45) is 11.8 Å². The van der Waals surface area contributed by atoms with Gasteiger partial charge in [-0.3, -0.25) is 14.5 Å². The van der Waals surface area contributed by atoms with Gasteiger partial charge in [-0.05, 0) is 24.3 Å². The summed E-state index contributed by atoms with van der Waals surface area (Å²) >= 11 is 1.24. The molecular formula is C14H13NO4S. The van der Waals surface area contributed by atoms with Gasteiger partial charge in [0.25, 0.3) is 0 Å². The quantitative estimate of drug-likeness (QED) is 0.681. The van der Waals surface area contributed by atoms with E-state index in [4.69, 9.17) is 0 Å². The zero-order valence-electron chi connectivity index (χ0n) is 10.6. The van der Waals surface area contributed by atoms with Crippen LogP contribution in [0.2, 0.25) is 0 Å². The van der Waals surface area contributed by atoms with Gasteiger partial charge in [-0.1, -0.05) is 18.2 Å². The predicted molar refractivity (Wildman–Crippen MR) is 71.9 cm³/mol. The van der Waals surface area contributed by atoms with Gasteiger partial charge in [0.05, 0.1) is 11.8 Å². The van der Waals surface area contributed by atoms with Crippen LogP contribution in [0.25, 0.3) is 0 Å². The van der Waals surface area contributed by atoms with Crippen LogP contribution >= 0.6 is 11.3 Å². The number of likely N-dealkylation sites (tertiary alicyclic amines) is 1. The fourth-order valence-electron chi connectivity index (χ4n) is 2.89. The van der Waals surface area contributed by atoms with Gasteiger partial charge in [0.1, 0.15) is 0 Å². The standard InChI is InChI=1S/C14H13NO4S/c16-12-8-4-1-2-5-9(8)13(17)15(12)11(14(18)19)10-6-3-7-20-10/h1-3,6-9,11H,4-5H2,(H,18,19). The Bertz CT molecular complexity index is 566. The van der Waals surface area contributed by atoms with Crippen LogP contribution in [-0.2, 0) is 14.4 Å². The Hall–Kier alpha value is -1.95. The van der Waals surface area contributed by atoms with Crippen molar-refractivity contribution in [3.8, 4) is 0 Å². The van der Waals surface area contributed by atoms with Crippen LogP contribution in [0.4, 0.5) is 0 Å². The molecule has 1 aromatic rings. The Morgan fingerprint density at radius 1 is 1.25 bits per heavy atom. The minimum absolute atomic E-state index is 0.356. The first-order valence-corrected chi connectivity index (χ1v) is 7.27. The van der Waals surface area contributed by atoms with Crippen molar-refractivity contribution >= 4 is 29.1 Å². The summed E-state index contributed by atoms with van der Waals surface area (Å²) in [5.41, 5.74) is 0. The van der Waals surface area contributed by atoms with Crippen LogP contribution < -0.4 is 0 Å². The number of allylic oxidation sites excluding steroid dienone is 2. The second kappa shape index (κ2) is 4.86. The van der Waals surface area contributed by atoms with Crippen molar-refractivity contribution in [2.45, 2.75) is 18.9 Å². The average Bonchev–Trinajstić information content (AvgIpc) is 3.03. The van der Waals surface area contributed by atoms with Gasteiger partial charge in [0.2, 0.25) is 11.8 Å². The number of hydrogen-bond donors (Lipinski definition) is 1. The normalized spacial score (nSPS) is 26.7. The smallest absolute Gasteiger partial charge is 0.332 e. The maximum Gasteiger partial charge on any atom is 0.332 e. The minimum atomic E-state index is -1.19. The number of amides is 2. The Morgan fingerprint density at radius 2 is 1.85 bits per heavy atom. The molecule has 1 aromatic heterocycles. The topological polar surface area (TPSA) is 74.7 Å². The molecule has 0 bridgehead atoms. The summed E-state index contributed by atoms with van der Waals surface area (Å²) in [7, 11) is 0. The highest BCUT2D eigenvalue weighted by Crippen LogP contribution is 2.40. The first-order valence-electron chi connectivity index (χ1n) is 6.39. The number of hydrogen-bond acceptors (Lipinski definition) is 4. The van der Waals surface area contributed by atoms with Crippen LogP contribution in [-0.4, -0.2) is 27.8 Å². The van der Waals surface area contributed by atoms with Crippen LogP contribution in [0.15, 0.2) is 29.7 Å². The number of rotatable bonds is 3. The molecule has 1 aliphatic carbocycles. The third kappa shape index (κ3) is 1.87. The van der Waals surface area contributed by atoms with E-state index in [9.17, 15) is 19.5 Å². The second-order valence-electron chi connectivity index (χ2n) is 4.96. The van der Waals surface area contributed by atoms with Crippen molar-refractivity contribution in [1.29, 1.82) is 0 Å². The molecular weight excluding hydrogens is 278 g/mol. The lowest BCUT2D eigenvalue weighted by Crippen LogP contribution is -2.39. The van der Waals surface area contributed by atoms with Crippen LogP contribution in [0.1, 0.15) is 23.8 Å². The summed E-state index contributed by atoms with van der Waals surface area (Å²) in [6.45, 7) is 0. The molecule has 1 saturated heterocycles. The molecule has 2 amide bonds. The van der Waals surface area contributed by atoms with Crippen molar-refractivity contribution < 1.29 is 19.5 Å². The zero-order valence-corrected chi connectivity index (χ0v) is 11.4. The maximum atomic E-state index is 12.4. The van der Waals surface area contributed by atoms with Gasteiger partial charge >= 0.3 is 5.97 Å². The van der Waals surface area contributed by atoms with E-state index in [0.29, 0.717) is 17.7 Å². The fraction of sp³-hybridized carbons (Fsp3) is 0.357. The lowest BCUT2D eigenvalue weighted by molar-refractivity contribution is -0.155. The number of nitrogens with zero attached hydrogens (tertiary/aromatic N) is 1. The number of carbonyl (C=O) groups excluding carboxylic acids is 2. The molecule has 2 heterocycles. The third-order valence-corrected chi connectivity index (χ3v) is 4.77. The number of aliphatic carboxylic acids is 1. The number of thiophene rings is 1.